The van der Waals surface area contributed by atoms with E-state index in [0.29, 0.717) is 39.8 Å². The van der Waals surface area contributed by atoms with Gasteiger partial charge in [-0.2, -0.15) is 0 Å². The minimum Gasteiger partial charge on any atom is -0.454 e. The molecule has 0 aliphatic carbocycles. The molecule has 10 heteroatoms. The number of quaternary nitrogens is 1. The van der Waals surface area contributed by atoms with Crippen molar-refractivity contribution in [2.24, 2.45) is 0 Å². The van der Waals surface area contributed by atoms with Gasteiger partial charge in [0.05, 0.1) is 35.9 Å². The van der Waals surface area contributed by atoms with Gasteiger partial charge in [-0.3, -0.25) is 14.2 Å². The summed E-state index contributed by atoms with van der Waals surface area (Å²) in [6, 6.07) is 12.7. The third-order valence-electron chi connectivity index (χ3n) is 6.23. The average Bonchev–Trinajstić information content (AvgIpc) is 3.34. The normalized spacial score (nSPS) is 16.4. The van der Waals surface area contributed by atoms with E-state index in [1.165, 1.54) is 16.7 Å². The monoisotopic (exact) mass is 497 g/mol. The minimum absolute atomic E-state index is 0.0709. The van der Waals surface area contributed by atoms with Gasteiger partial charge < -0.3 is 24.4 Å². The quantitative estimate of drug-likeness (QED) is 0.360. The van der Waals surface area contributed by atoms with Gasteiger partial charge in [-0.1, -0.05) is 23.9 Å². The van der Waals surface area contributed by atoms with E-state index in [0.717, 1.165) is 39.3 Å². The Morgan fingerprint density at radius 3 is 2.83 bits per heavy atom. The summed E-state index contributed by atoms with van der Waals surface area (Å²) in [5.41, 5.74) is 1.20. The van der Waals surface area contributed by atoms with E-state index >= 15 is 0 Å². The van der Waals surface area contributed by atoms with Crippen molar-refractivity contribution in [1.82, 2.24) is 9.55 Å². The van der Waals surface area contributed by atoms with Gasteiger partial charge in [-0.25, -0.2) is 4.98 Å². The lowest BCUT2D eigenvalue weighted by Gasteiger charge is -2.24. The topological polar surface area (TPSA) is 96.1 Å². The van der Waals surface area contributed by atoms with E-state index in [-0.39, 0.29) is 18.3 Å². The fourth-order valence-electron chi connectivity index (χ4n) is 4.26. The highest BCUT2D eigenvalue weighted by Gasteiger charge is 2.21. The summed E-state index contributed by atoms with van der Waals surface area (Å²) in [6.07, 6.45) is 0.848. The molecule has 2 aliphatic rings. The predicted molar refractivity (Wildman–Crippen MR) is 134 cm³/mol. The predicted octanol–water partition coefficient (Wildman–Crippen LogP) is 1.55. The number of amides is 1. The molecule has 3 aromatic rings. The average molecular weight is 498 g/mol. The van der Waals surface area contributed by atoms with Gasteiger partial charge in [-0.05, 0) is 31.2 Å². The van der Waals surface area contributed by atoms with E-state index in [4.69, 9.17) is 19.2 Å². The van der Waals surface area contributed by atoms with E-state index in [2.05, 4.69) is 5.32 Å². The number of nitrogens with one attached hydrogen (secondary N) is 2. The number of para-hydroxylation sites is 1. The number of nitrogens with zero attached hydrogens (tertiary/aromatic N) is 2. The molecule has 3 heterocycles. The first kappa shape index (κ1) is 23.7. The number of hydrogen-bond acceptors (Lipinski definition) is 7. The molecule has 2 aliphatic heterocycles. The molecule has 1 amide bonds. The number of hydrogen-bond donors (Lipinski definition) is 2. The second-order valence-corrected chi connectivity index (χ2v) is 9.96. The zero-order chi connectivity index (χ0) is 24.2. The summed E-state index contributed by atoms with van der Waals surface area (Å²) >= 11 is 1.30. The lowest BCUT2D eigenvalue weighted by atomic mass is 10.2. The number of ether oxygens (including phenoxy) is 3. The van der Waals surface area contributed by atoms with E-state index in [1.54, 1.807) is 28.8 Å². The van der Waals surface area contributed by atoms with E-state index in [1.807, 2.05) is 25.1 Å². The first-order valence-electron chi connectivity index (χ1n) is 11.9. The van der Waals surface area contributed by atoms with Gasteiger partial charge in [0.1, 0.15) is 13.1 Å². The smallest absolute Gasteiger partial charge is 0.262 e. The summed E-state index contributed by atoms with van der Waals surface area (Å²) in [5, 5.41) is 3.60. The molecule has 0 saturated carbocycles. The molecule has 2 N–H and O–H groups in total. The molecule has 1 aromatic heterocycles. The van der Waals surface area contributed by atoms with Gasteiger partial charge in [0, 0.05) is 24.7 Å². The van der Waals surface area contributed by atoms with Crippen LogP contribution in [0.25, 0.3) is 10.9 Å². The van der Waals surface area contributed by atoms with Crippen LogP contribution in [-0.2, 0) is 16.1 Å². The fraction of sp³-hybridized carbons (Fsp3) is 0.400. The van der Waals surface area contributed by atoms with Crippen molar-refractivity contribution >= 4 is 34.3 Å². The molecule has 1 saturated heterocycles. The van der Waals surface area contributed by atoms with Crippen LogP contribution in [0.4, 0.5) is 5.69 Å². The van der Waals surface area contributed by atoms with Crippen molar-refractivity contribution in [2.45, 2.75) is 30.3 Å². The van der Waals surface area contributed by atoms with Gasteiger partial charge >= 0.3 is 0 Å². The first-order valence-corrected chi connectivity index (χ1v) is 12.7. The second-order valence-electron chi connectivity index (χ2n) is 8.65. The number of benzene rings is 2. The number of fused-ring (bicyclic) bond motifs is 2. The largest absolute Gasteiger partial charge is 0.454 e. The summed E-state index contributed by atoms with van der Waals surface area (Å²) in [5.74, 6) is 1.09. The van der Waals surface area contributed by atoms with Gasteiger partial charge in [-0.15, -0.1) is 0 Å². The Labute approximate surface area is 207 Å². The summed E-state index contributed by atoms with van der Waals surface area (Å²) in [6.45, 7) is 7.06. The molecule has 0 unspecified atom stereocenters. The highest BCUT2D eigenvalue weighted by molar-refractivity contribution is 8.00. The second kappa shape index (κ2) is 10.7. The number of carbonyl (C=O) groups excluding carboxylic acids is 1. The summed E-state index contributed by atoms with van der Waals surface area (Å²) in [7, 11) is 0. The van der Waals surface area contributed by atoms with E-state index in [9.17, 15) is 9.59 Å². The Morgan fingerprint density at radius 2 is 1.97 bits per heavy atom. The molecule has 35 heavy (non-hydrogen) atoms. The Hall–Kier alpha value is -3.08. The third kappa shape index (κ3) is 5.44. The summed E-state index contributed by atoms with van der Waals surface area (Å²) < 4.78 is 17.9. The Balaban J connectivity index is 1.32. The molecule has 5 rings (SSSR count). The zero-order valence-corrected chi connectivity index (χ0v) is 20.4. The molecular formula is C25H29N4O5S+. The Kier molecular flexibility index (Phi) is 7.21. The SMILES string of the molecule is C[C@@H](Sc1nc2ccccc2c(=O)n1CCC[NH+]1CCOCC1)C(=O)Nc1ccc2c(c1)OCO2. The van der Waals surface area contributed by atoms with Crippen LogP contribution in [0.1, 0.15) is 13.3 Å². The van der Waals surface area contributed by atoms with Crippen LogP contribution in [0.2, 0.25) is 0 Å². The molecule has 2 aromatic carbocycles. The van der Waals surface area contributed by atoms with Crippen molar-refractivity contribution in [3.05, 3.63) is 52.8 Å². The van der Waals surface area contributed by atoms with Crippen LogP contribution in [-0.4, -0.2) is 60.3 Å². The number of aromatic nitrogens is 2. The van der Waals surface area contributed by atoms with Crippen LogP contribution in [0.5, 0.6) is 11.5 Å². The lowest BCUT2D eigenvalue weighted by Crippen LogP contribution is -3.14. The van der Waals surface area contributed by atoms with Crippen LogP contribution in [0, 0.1) is 0 Å². The molecule has 0 spiro atoms. The zero-order valence-electron chi connectivity index (χ0n) is 19.6. The molecule has 1 fully saturated rings. The van der Waals surface area contributed by atoms with Gasteiger partial charge in [0.15, 0.2) is 16.7 Å². The highest BCUT2D eigenvalue weighted by atomic mass is 32.2. The molecule has 184 valence electrons. The van der Waals surface area contributed by atoms with Crippen LogP contribution >= 0.6 is 11.8 Å². The molecule has 9 nitrogen and oxygen atoms in total. The van der Waals surface area contributed by atoms with Gasteiger partial charge in [0.2, 0.25) is 12.7 Å². The van der Waals surface area contributed by atoms with Crippen LogP contribution in [0.15, 0.2) is 52.4 Å². The van der Waals surface area contributed by atoms with Crippen LogP contribution in [0.3, 0.4) is 0 Å². The number of anilines is 1. The maximum Gasteiger partial charge on any atom is 0.262 e. The first-order chi connectivity index (χ1) is 17.1. The lowest BCUT2D eigenvalue weighted by molar-refractivity contribution is -0.908. The summed E-state index contributed by atoms with van der Waals surface area (Å²) in [4.78, 5) is 32.6. The Bertz CT molecular complexity index is 1270. The van der Waals surface area contributed by atoms with Gasteiger partial charge in [0.25, 0.3) is 5.56 Å². The highest BCUT2D eigenvalue weighted by Crippen LogP contribution is 2.34. The number of morpholine rings is 1. The van der Waals surface area contributed by atoms with Crippen molar-refractivity contribution in [2.75, 3.05) is 45.0 Å². The minimum atomic E-state index is -0.468. The molecule has 0 bridgehead atoms. The molecular weight excluding hydrogens is 468 g/mol. The number of rotatable bonds is 8. The van der Waals surface area contributed by atoms with Crippen molar-refractivity contribution in [1.29, 1.82) is 0 Å². The maximum absolute atomic E-state index is 13.3. The number of carbonyl (C=O) groups is 1. The standard InChI is InChI=1S/C25H28N4O5S/c1-17(23(30)26-18-7-8-21-22(15-18)34-16-33-21)35-25-27-20-6-3-2-5-19(20)24(31)29(25)10-4-9-28-11-13-32-14-12-28/h2-3,5-8,15,17H,4,9-14,16H2,1H3,(H,26,30)/p+1/t17-/m1/s1. The van der Waals surface area contributed by atoms with Crippen molar-refractivity contribution in [3.8, 4) is 11.5 Å². The molecule has 0 radical (unpaired) electrons. The fourth-order valence-corrected chi connectivity index (χ4v) is 5.20. The maximum atomic E-state index is 13.3. The Morgan fingerprint density at radius 1 is 1.17 bits per heavy atom. The number of thioether (sulfide) groups is 1. The van der Waals surface area contributed by atoms with E-state index < -0.39 is 5.25 Å². The molecule has 1 atom stereocenters. The van der Waals surface area contributed by atoms with Crippen molar-refractivity contribution in [3.63, 3.8) is 0 Å². The van der Waals surface area contributed by atoms with Crippen molar-refractivity contribution < 1.29 is 23.9 Å². The van der Waals surface area contributed by atoms with Crippen LogP contribution < -0.4 is 25.2 Å². The third-order valence-corrected chi connectivity index (χ3v) is 7.32.